The second kappa shape index (κ2) is 6.72. The largest absolute Gasteiger partial charge is 0.503 e. The standard InChI is InChI=1S/C18H13BrN2O5/c1-10(22)15-16(13-4-2-3-5-14(13)21(25)26)20(18(24)17(15)23)12-8-6-11(19)7-9-12/h2-9,16,23H,1H3/t16-/m1/s1. The first-order valence-corrected chi connectivity index (χ1v) is 8.38. The summed E-state index contributed by atoms with van der Waals surface area (Å²) in [7, 11) is 0. The molecule has 1 aliphatic heterocycles. The van der Waals surface area contributed by atoms with Gasteiger partial charge in [0, 0.05) is 16.2 Å². The molecule has 2 aromatic carbocycles. The van der Waals surface area contributed by atoms with E-state index >= 15 is 0 Å². The van der Waals surface area contributed by atoms with Crippen LogP contribution in [0.2, 0.25) is 0 Å². The van der Waals surface area contributed by atoms with Crippen LogP contribution >= 0.6 is 15.9 Å². The van der Waals surface area contributed by atoms with E-state index in [1.807, 2.05) is 0 Å². The molecule has 0 saturated carbocycles. The summed E-state index contributed by atoms with van der Waals surface area (Å²) in [5.74, 6) is -2.00. The van der Waals surface area contributed by atoms with Gasteiger partial charge in [-0.15, -0.1) is 0 Å². The Hall–Kier alpha value is -3.00. The number of aliphatic hydroxyl groups excluding tert-OH is 1. The van der Waals surface area contributed by atoms with E-state index in [-0.39, 0.29) is 16.8 Å². The number of para-hydroxylation sites is 1. The first-order valence-electron chi connectivity index (χ1n) is 7.59. The lowest BCUT2D eigenvalue weighted by Gasteiger charge is -2.26. The number of hydrogen-bond acceptors (Lipinski definition) is 5. The number of nitrogens with zero attached hydrogens (tertiary/aromatic N) is 2. The number of amides is 1. The summed E-state index contributed by atoms with van der Waals surface area (Å²) < 4.78 is 0.777. The molecule has 1 N–H and O–H groups in total. The molecule has 0 aromatic heterocycles. The van der Waals surface area contributed by atoms with Crippen LogP contribution in [0.25, 0.3) is 0 Å². The average Bonchev–Trinajstić information content (AvgIpc) is 2.87. The highest BCUT2D eigenvalue weighted by Gasteiger charge is 2.45. The van der Waals surface area contributed by atoms with E-state index in [0.717, 1.165) is 4.47 Å². The van der Waals surface area contributed by atoms with Gasteiger partial charge in [0.15, 0.2) is 11.5 Å². The molecule has 8 heteroatoms. The number of hydrogen-bond donors (Lipinski definition) is 1. The van der Waals surface area contributed by atoms with Crippen molar-refractivity contribution in [1.82, 2.24) is 0 Å². The second-order valence-electron chi connectivity index (χ2n) is 5.69. The number of rotatable bonds is 4. The van der Waals surface area contributed by atoms with Crippen molar-refractivity contribution < 1.29 is 19.6 Å². The molecule has 1 amide bonds. The van der Waals surface area contributed by atoms with E-state index in [2.05, 4.69) is 15.9 Å². The fraction of sp³-hybridized carbons (Fsp3) is 0.111. The van der Waals surface area contributed by atoms with Gasteiger partial charge in [0.25, 0.3) is 11.6 Å². The van der Waals surface area contributed by atoms with Gasteiger partial charge in [-0.25, -0.2) is 0 Å². The van der Waals surface area contributed by atoms with Gasteiger partial charge in [-0.2, -0.15) is 0 Å². The SMILES string of the molecule is CC(=O)C1=C(O)C(=O)N(c2ccc(Br)cc2)[C@@H]1c1ccccc1[N+](=O)[O-]. The van der Waals surface area contributed by atoms with Crippen LogP contribution in [0, 0.1) is 10.1 Å². The number of anilines is 1. The lowest BCUT2D eigenvalue weighted by molar-refractivity contribution is -0.385. The van der Waals surface area contributed by atoms with Crippen molar-refractivity contribution in [3.8, 4) is 0 Å². The third-order valence-corrected chi connectivity index (χ3v) is 4.65. The Balaban J connectivity index is 2.25. The summed E-state index contributed by atoms with van der Waals surface area (Å²) in [6, 6.07) is 11.4. The quantitative estimate of drug-likeness (QED) is 0.602. The monoisotopic (exact) mass is 416 g/mol. The molecule has 1 heterocycles. The molecule has 0 spiro atoms. The molecule has 1 atom stereocenters. The van der Waals surface area contributed by atoms with Crippen LogP contribution in [0.15, 0.2) is 64.3 Å². The van der Waals surface area contributed by atoms with Crippen LogP contribution in [-0.2, 0) is 9.59 Å². The Morgan fingerprint density at radius 3 is 2.38 bits per heavy atom. The maximum Gasteiger partial charge on any atom is 0.294 e. The number of benzene rings is 2. The van der Waals surface area contributed by atoms with Gasteiger partial charge < -0.3 is 5.11 Å². The Morgan fingerprint density at radius 1 is 1.19 bits per heavy atom. The Labute approximate surface area is 156 Å². The minimum atomic E-state index is -1.08. The molecule has 0 fully saturated rings. The molecule has 26 heavy (non-hydrogen) atoms. The number of aliphatic hydroxyl groups is 1. The van der Waals surface area contributed by atoms with Gasteiger partial charge in [-0.3, -0.25) is 24.6 Å². The lowest BCUT2D eigenvalue weighted by Crippen LogP contribution is -2.31. The molecule has 0 radical (unpaired) electrons. The van der Waals surface area contributed by atoms with Crippen molar-refractivity contribution in [3.05, 3.63) is 80.0 Å². The van der Waals surface area contributed by atoms with E-state index in [0.29, 0.717) is 5.69 Å². The van der Waals surface area contributed by atoms with Crippen molar-refractivity contribution in [2.24, 2.45) is 0 Å². The summed E-state index contributed by atoms with van der Waals surface area (Å²) in [5, 5.41) is 21.7. The molecule has 132 valence electrons. The van der Waals surface area contributed by atoms with Gasteiger partial charge in [-0.1, -0.05) is 28.1 Å². The van der Waals surface area contributed by atoms with Crippen LogP contribution in [0.4, 0.5) is 11.4 Å². The van der Waals surface area contributed by atoms with Crippen molar-refractivity contribution in [2.45, 2.75) is 13.0 Å². The minimum Gasteiger partial charge on any atom is -0.503 e. The summed E-state index contributed by atoms with van der Waals surface area (Å²) in [5.41, 5.74) is 0.167. The number of halogens is 1. The number of Topliss-reactive ketones (excluding diaryl/α,β-unsaturated/α-hetero) is 1. The van der Waals surface area contributed by atoms with Crippen molar-refractivity contribution in [2.75, 3.05) is 4.90 Å². The molecule has 0 unspecified atom stereocenters. The summed E-state index contributed by atoms with van der Waals surface area (Å²) >= 11 is 3.30. The average molecular weight is 417 g/mol. The fourth-order valence-electron chi connectivity index (χ4n) is 3.01. The smallest absolute Gasteiger partial charge is 0.294 e. The van der Waals surface area contributed by atoms with E-state index in [1.54, 1.807) is 30.3 Å². The number of carbonyl (C=O) groups is 2. The van der Waals surface area contributed by atoms with E-state index in [4.69, 9.17) is 0 Å². The summed E-state index contributed by atoms with van der Waals surface area (Å²) in [4.78, 5) is 36.8. The third kappa shape index (κ3) is 2.88. The molecular formula is C18H13BrN2O5. The zero-order chi connectivity index (χ0) is 19.0. The zero-order valence-corrected chi connectivity index (χ0v) is 15.1. The topological polar surface area (TPSA) is 101 Å². The number of nitro groups is 1. The van der Waals surface area contributed by atoms with E-state index in [1.165, 1.54) is 30.0 Å². The molecule has 3 rings (SSSR count). The number of nitro benzene ring substituents is 1. The molecule has 0 saturated heterocycles. The number of carbonyl (C=O) groups excluding carboxylic acids is 2. The second-order valence-corrected chi connectivity index (χ2v) is 6.60. The Bertz CT molecular complexity index is 952. The highest BCUT2D eigenvalue weighted by molar-refractivity contribution is 9.10. The minimum absolute atomic E-state index is 0.156. The molecule has 0 bridgehead atoms. The van der Waals surface area contributed by atoms with Gasteiger partial charge in [0.05, 0.1) is 16.1 Å². The number of ketones is 1. The van der Waals surface area contributed by atoms with Crippen LogP contribution in [0.5, 0.6) is 0 Å². The Morgan fingerprint density at radius 2 is 1.81 bits per heavy atom. The molecule has 2 aromatic rings. The van der Waals surface area contributed by atoms with Gasteiger partial charge in [0.1, 0.15) is 6.04 Å². The van der Waals surface area contributed by atoms with Gasteiger partial charge in [0.2, 0.25) is 0 Å². The van der Waals surface area contributed by atoms with Crippen LogP contribution < -0.4 is 4.90 Å². The van der Waals surface area contributed by atoms with Crippen molar-refractivity contribution >= 4 is 39.0 Å². The third-order valence-electron chi connectivity index (χ3n) is 4.12. The van der Waals surface area contributed by atoms with Crippen molar-refractivity contribution in [3.63, 3.8) is 0 Å². The molecule has 1 aliphatic rings. The first-order chi connectivity index (χ1) is 12.3. The highest BCUT2D eigenvalue weighted by atomic mass is 79.9. The first kappa shape index (κ1) is 17.8. The maximum atomic E-state index is 12.7. The van der Waals surface area contributed by atoms with Gasteiger partial charge >= 0.3 is 0 Å². The maximum absolute atomic E-state index is 12.7. The fourth-order valence-corrected chi connectivity index (χ4v) is 3.28. The zero-order valence-electron chi connectivity index (χ0n) is 13.5. The summed E-state index contributed by atoms with van der Waals surface area (Å²) in [6.45, 7) is 1.21. The Kier molecular flexibility index (Phi) is 4.60. The lowest BCUT2D eigenvalue weighted by atomic mass is 9.95. The van der Waals surface area contributed by atoms with E-state index < -0.39 is 28.4 Å². The predicted octanol–water partition coefficient (Wildman–Crippen LogP) is 3.85. The normalized spacial score (nSPS) is 16.9. The van der Waals surface area contributed by atoms with E-state index in [9.17, 15) is 24.8 Å². The molecular weight excluding hydrogens is 404 g/mol. The van der Waals surface area contributed by atoms with Crippen LogP contribution in [-0.4, -0.2) is 21.7 Å². The summed E-state index contributed by atoms with van der Waals surface area (Å²) in [6.07, 6.45) is 0. The van der Waals surface area contributed by atoms with Gasteiger partial charge in [-0.05, 0) is 37.3 Å². The molecule has 0 aliphatic carbocycles. The highest BCUT2D eigenvalue weighted by Crippen LogP contribution is 2.43. The van der Waals surface area contributed by atoms with Crippen LogP contribution in [0.3, 0.4) is 0 Å². The predicted molar refractivity (Wildman–Crippen MR) is 97.8 cm³/mol. The molecule has 7 nitrogen and oxygen atoms in total. The van der Waals surface area contributed by atoms with Crippen LogP contribution in [0.1, 0.15) is 18.5 Å². The van der Waals surface area contributed by atoms with Crippen molar-refractivity contribution in [1.29, 1.82) is 0 Å².